The number of aryl methyl sites for hydroxylation is 2. The third-order valence-electron chi connectivity index (χ3n) is 5.01. The Labute approximate surface area is 172 Å². The third kappa shape index (κ3) is 4.01. The summed E-state index contributed by atoms with van der Waals surface area (Å²) in [7, 11) is 1.26. The summed E-state index contributed by atoms with van der Waals surface area (Å²) in [6.07, 6.45) is -2.89. The Morgan fingerprint density at radius 1 is 1.13 bits per heavy atom. The number of hydrogen-bond acceptors (Lipinski definition) is 4. The quantitative estimate of drug-likeness (QED) is 0.628. The molecule has 0 spiro atoms. The van der Waals surface area contributed by atoms with Crippen molar-refractivity contribution in [3.05, 3.63) is 53.2 Å². The highest BCUT2D eigenvalue weighted by Crippen LogP contribution is 2.33. The van der Waals surface area contributed by atoms with Crippen LogP contribution in [0.5, 0.6) is 0 Å². The van der Waals surface area contributed by atoms with Crippen molar-refractivity contribution in [2.75, 3.05) is 0 Å². The monoisotopic (exact) mass is 440 g/mol. The Hall–Kier alpha value is -3.31. The average molecular weight is 440 g/mol. The van der Waals surface area contributed by atoms with Gasteiger partial charge in [-0.25, -0.2) is 0 Å². The van der Waals surface area contributed by atoms with Crippen LogP contribution in [-0.4, -0.2) is 30.5 Å². The predicted molar refractivity (Wildman–Crippen MR) is 98.1 cm³/mol. The van der Waals surface area contributed by atoms with Crippen molar-refractivity contribution in [3.63, 3.8) is 0 Å². The van der Waals surface area contributed by atoms with Crippen LogP contribution in [0.2, 0.25) is 0 Å². The molecule has 0 saturated heterocycles. The fraction of sp³-hybridized carbons (Fsp3) is 0.368. The zero-order valence-electron chi connectivity index (χ0n) is 16.4. The van der Waals surface area contributed by atoms with Crippen molar-refractivity contribution < 1.29 is 26.7 Å². The molecule has 3 aromatic rings. The molecule has 31 heavy (non-hydrogen) atoms. The van der Waals surface area contributed by atoms with Gasteiger partial charge in [-0.15, -0.1) is 0 Å². The molecular weight excluding hydrogens is 423 g/mol. The van der Waals surface area contributed by atoms with E-state index in [1.807, 2.05) is 0 Å². The Morgan fingerprint density at radius 3 is 2.52 bits per heavy atom. The number of fused-ring (bicyclic) bond motifs is 1. The van der Waals surface area contributed by atoms with Gasteiger partial charge in [-0.1, -0.05) is 0 Å². The number of nitrogens with zero attached hydrogens (tertiary/aromatic N) is 5. The zero-order valence-corrected chi connectivity index (χ0v) is 16.4. The molecule has 12 heteroatoms. The number of amides is 1. The van der Waals surface area contributed by atoms with E-state index in [1.54, 1.807) is 16.8 Å². The maximum absolute atomic E-state index is 13.6. The van der Waals surface area contributed by atoms with E-state index in [1.165, 1.54) is 19.3 Å². The van der Waals surface area contributed by atoms with Gasteiger partial charge in [0, 0.05) is 38.3 Å². The lowest BCUT2D eigenvalue weighted by Gasteiger charge is -2.12. The van der Waals surface area contributed by atoms with Crippen LogP contribution in [0.4, 0.5) is 22.0 Å². The molecule has 4 rings (SSSR count). The van der Waals surface area contributed by atoms with Crippen molar-refractivity contribution in [2.45, 2.75) is 38.0 Å². The summed E-state index contributed by atoms with van der Waals surface area (Å²) in [4.78, 5) is 16.2. The predicted octanol–water partition coefficient (Wildman–Crippen LogP) is 3.68. The van der Waals surface area contributed by atoms with Gasteiger partial charge in [-0.3, -0.25) is 19.1 Å². The topological polar surface area (TPSA) is 77.6 Å². The van der Waals surface area contributed by atoms with Crippen molar-refractivity contribution in [1.82, 2.24) is 29.9 Å². The molecular formula is C19H17F5N6O. The van der Waals surface area contributed by atoms with Gasteiger partial charge in [-0.05, 0) is 24.6 Å². The van der Waals surface area contributed by atoms with Crippen LogP contribution in [-0.2, 0) is 25.7 Å². The van der Waals surface area contributed by atoms with Crippen molar-refractivity contribution in [1.29, 1.82) is 0 Å². The number of carbonyl (C=O) groups excluding carboxylic acids is 1. The minimum absolute atomic E-state index is 0.227. The van der Waals surface area contributed by atoms with Gasteiger partial charge >= 0.3 is 6.18 Å². The summed E-state index contributed by atoms with van der Waals surface area (Å²) in [6.45, 7) is 1.21. The smallest absolute Gasteiger partial charge is 0.342 e. The fourth-order valence-corrected chi connectivity index (χ4v) is 3.46. The van der Waals surface area contributed by atoms with E-state index >= 15 is 0 Å². The molecule has 1 aliphatic heterocycles. The van der Waals surface area contributed by atoms with E-state index in [4.69, 9.17) is 0 Å². The molecule has 0 bridgehead atoms. The van der Waals surface area contributed by atoms with E-state index in [-0.39, 0.29) is 11.4 Å². The molecule has 1 aliphatic rings. The second kappa shape index (κ2) is 7.13. The number of nitrogens with one attached hydrogen (secondary N) is 1. The van der Waals surface area contributed by atoms with Gasteiger partial charge in [0.2, 0.25) is 0 Å². The first-order valence-corrected chi connectivity index (χ1v) is 9.28. The Bertz CT molecular complexity index is 1140. The molecule has 1 N–H and O–H groups in total. The lowest BCUT2D eigenvalue weighted by atomic mass is 10.1. The van der Waals surface area contributed by atoms with E-state index < -0.39 is 29.7 Å². The molecule has 1 amide bonds. The van der Waals surface area contributed by atoms with E-state index in [2.05, 4.69) is 20.5 Å². The molecule has 0 unspecified atom stereocenters. The zero-order chi connectivity index (χ0) is 22.6. The normalized spacial score (nSPS) is 16.4. The number of carbonyl (C=O) groups is 1. The second-order valence-electron chi connectivity index (χ2n) is 7.35. The summed E-state index contributed by atoms with van der Waals surface area (Å²) < 4.78 is 68.2. The second-order valence-corrected chi connectivity index (χ2v) is 7.35. The largest absolute Gasteiger partial charge is 0.435 e. The molecule has 3 aromatic heterocycles. The number of hydrogen-bond donors (Lipinski definition) is 1. The average Bonchev–Trinajstić information content (AvgIpc) is 3.36. The van der Waals surface area contributed by atoms with Gasteiger partial charge in [0.1, 0.15) is 11.4 Å². The number of aromatic nitrogens is 5. The van der Waals surface area contributed by atoms with E-state index in [0.29, 0.717) is 36.0 Å². The lowest BCUT2D eigenvalue weighted by molar-refractivity contribution is -0.141. The molecule has 0 radical (unpaired) electrons. The fourth-order valence-electron chi connectivity index (χ4n) is 3.46. The maximum Gasteiger partial charge on any atom is 0.435 e. The van der Waals surface area contributed by atoms with Gasteiger partial charge in [0.25, 0.3) is 11.8 Å². The first kappa shape index (κ1) is 20.9. The van der Waals surface area contributed by atoms with Crippen LogP contribution in [0.3, 0.4) is 0 Å². The van der Waals surface area contributed by atoms with Gasteiger partial charge in [0.15, 0.2) is 5.69 Å². The van der Waals surface area contributed by atoms with Crippen molar-refractivity contribution in [3.8, 4) is 11.3 Å². The number of rotatable bonds is 4. The molecule has 4 heterocycles. The van der Waals surface area contributed by atoms with Gasteiger partial charge in [-0.2, -0.15) is 32.1 Å². The molecule has 0 aliphatic carbocycles. The number of halogens is 5. The molecule has 7 nitrogen and oxygen atoms in total. The number of pyridine rings is 1. The summed E-state index contributed by atoms with van der Waals surface area (Å²) >= 11 is 0. The minimum atomic E-state index is -4.66. The number of alkyl halides is 5. The summed E-state index contributed by atoms with van der Waals surface area (Å²) in [5.74, 6) is -3.81. The highest BCUT2D eigenvalue weighted by atomic mass is 19.4. The molecule has 0 saturated carbocycles. The third-order valence-corrected chi connectivity index (χ3v) is 5.01. The Balaban J connectivity index is 1.56. The summed E-state index contributed by atoms with van der Waals surface area (Å²) in [6, 6.07) is 4.66. The van der Waals surface area contributed by atoms with E-state index in [9.17, 15) is 26.7 Å². The van der Waals surface area contributed by atoms with E-state index in [0.717, 1.165) is 11.6 Å². The highest BCUT2D eigenvalue weighted by molar-refractivity contribution is 5.93. The molecule has 1 atom stereocenters. The van der Waals surface area contributed by atoms with Crippen LogP contribution in [0.1, 0.15) is 47.0 Å². The van der Waals surface area contributed by atoms with Crippen LogP contribution in [0, 0.1) is 0 Å². The lowest BCUT2D eigenvalue weighted by Crippen LogP contribution is -2.28. The molecule has 164 valence electrons. The van der Waals surface area contributed by atoms with Crippen LogP contribution in [0.15, 0.2) is 30.5 Å². The Morgan fingerprint density at radius 2 is 1.87 bits per heavy atom. The maximum atomic E-state index is 13.6. The summed E-state index contributed by atoms with van der Waals surface area (Å²) in [5, 5.41) is 10.4. The Kier molecular flexibility index (Phi) is 4.82. The highest BCUT2D eigenvalue weighted by Gasteiger charge is 2.36. The van der Waals surface area contributed by atoms with Crippen molar-refractivity contribution in [2.24, 2.45) is 7.05 Å². The van der Waals surface area contributed by atoms with Crippen molar-refractivity contribution >= 4 is 5.91 Å². The SMILES string of the molecule is Cn1nc(C(F)(F)F)cc1C(=O)N[C@@H]1CCn2nc(-c3ccnc(C(C)(F)F)c3)cc21. The van der Waals surface area contributed by atoms with Crippen LogP contribution < -0.4 is 5.32 Å². The van der Waals surface area contributed by atoms with Gasteiger partial charge < -0.3 is 5.32 Å². The first-order valence-electron chi connectivity index (χ1n) is 9.28. The van der Waals surface area contributed by atoms with Crippen LogP contribution >= 0.6 is 0 Å². The standard InChI is InChI=1S/C19H17F5N6O/c1-18(20,21)15-7-10(3-5-25-15)12-8-13-11(4-6-30(13)27-12)26-17(31)14-9-16(19(22,23)24)28-29(14)2/h3,5,7-9,11H,4,6H2,1-2H3,(H,26,31)/t11-/m1/s1. The van der Waals surface area contributed by atoms with Gasteiger partial charge in [0.05, 0.1) is 17.4 Å². The molecule has 0 fully saturated rings. The summed E-state index contributed by atoms with van der Waals surface area (Å²) in [5.41, 5.74) is -0.265. The molecule has 0 aromatic carbocycles. The first-order chi connectivity index (χ1) is 14.4. The van der Waals surface area contributed by atoms with Crippen LogP contribution in [0.25, 0.3) is 11.3 Å². The minimum Gasteiger partial charge on any atom is -0.342 e.